The van der Waals surface area contributed by atoms with E-state index in [2.05, 4.69) is 42.8 Å². The van der Waals surface area contributed by atoms with Crippen LogP contribution in [0.4, 0.5) is 15.3 Å². The number of fused-ring (bicyclic) bond motifs is 10. The van der Waals surface area contributed by atoms with Gasteiger partial charge in [0, 0.05) is 61.3 Å². The molecule has 18 nitrogen and oxygen atoms in total. The molecule has 20 heteroatoms. The van der Waals surface area contributed by atoms with Crippen molar-refractivity contribution in [3.8, 4) is 5.75 Å². The molecule has 0 radical (unpaired) electrons. The number of likely N-dealkylation sites (tertiary alicyclic amines) is 2. The zero-order valence-corrected chi connectivity index (χ0v) is 54.5. The molecular formula is C69H99Cl2N5O13. The van der Waals surface area contributed by atoms with Gasteiger partial charge < -0.3 is 54.1 Å². The van der Waals surface area contributed by atoms with Crippen LogP contribution in [0.2, 0.25) is 0 Å². The summed E-state index contributed by atoms with van der Waals surface area (Å²) in [7, 11) is 0. The first-order chi connectivity index (χ1) is 42.6. The quantitative estimate of drug-likeness (QED) is 0.0458. The zero-order valence-electron chi connectivity index (χ0n) is 53.0. The number of hydrogen-bond acceptors (Lipinski definition) is 16. The van der Waals surface area contributed by atoms with Crippen LogP contribution in [0.1, 0.15) is 192 Å². The Balaban J connectivity index is 0.000000168. The maximum atomic E-state index is 12.5. The van der Waals surface area contributed by atoms with Gasteiger partial charge in [0.25, 0.3) is 5.69 Å². The molecule has 10 aliphatic rings. The van der Waals surface area contributed by atoms with Crippen molar-refractivity contribution in [2.45, 2.75) is 204 Å². The highest BCUT2D eigenvalue weighted by Gasteiger charge is 2.69. The van der Waals surface area contributed by atoms with E-state index in [0.717, 1.165) is 159 Å². The molecule has 16 atom stereocenters. The average molecular weight is 1280 g/mol. The highest BCUT2D eigenvalue weighted by Crippen LogP contribution is 2.72. The summed E-state index contributed by atoms with van der Waals surface area (Å²) >= 11 is 9.53. The van der Waals surface area contributed by atoms with Crippen molar-refractivity contribution >= 4 is 41.1 Å². The number of amides is 1. The largest absolute Gasteiger partial charge is 0.514 e. The molecule has 2 aromatic heterocycles. The third-order valence-corrected chi connectivity index (χ3v) is 25.2. The molecule has 2 aliphatic heterocycles. The molecule has 8 aliphatic carbocycles. The highest BCUT2D eigenvalue weighted by atomic mass is 35.5. The van der Waals surface area contributed by atoms with E-state index >= 15 is 0 Å². The van der Waals surface area contributed by atoms with Gasteiger partial charge in [-0.1, -0.05) is 27.7 Å². The number of carbonyl (C=O) groups is 2. The van der Waals surface area contributed by atoms with E-state index in [0.29, 0.717) is 36.1 Å². The number of alkyl carbamates (subject to hydrolysis) is 1. The minimum absolute atomic E-state index is 0.00282. The number of aliphatic hydroxyl groups is 2. The molecule has 1 amide bonds. The lowest BCUT2D eigenvalue weighted by Gasteiger charge is -2.63. The molecule has 0 unspecified atom stereocenters. The number of non-ortho nitro benzene ring substituents is 1. The number of benzene rings is 1. The fourth-order valence-corrected chi connectivity index (χ4v) is 20.4. The summed E-state index contributed by atoms with van der Waals surface area (Å²) in [5.41, 5.74) is 5.03. The van der Waals surface area contributed by atoms with E-state index in [-0.39, 0.29) is 85.7 Å². The molecule has 89 heavy (non-hydrogen) atoms. The van der Waals surface area contributed by atoms with E-state index in [9.17, 15) is 39.5 Å². The van der Waals surface area contributed by atoms with Gasteiger partial charge in [0.15, 0.2) is 0 Å². The molecule has 3 aromatic rings. The van der Waals surface area contributed by atoms with E-state index in [4.69, 9.17) is 52.0 Å². The molecule has 1 aromatic carbocycles. The van der Waals surface area contributed by atoms with Gasteiger partial charge in [-0.2, -0.15) is 0 Å². The summed E-state index contributed by atoms with van der Waals surface area (Å²) in [5, 5.41) is 38.8. The number of nitro groups is 1. The number of nitro benzene ring substituents is 1. The Morgan fingerprint density at radius 1 is 0.629 bits per heavy atom. The molecule has 5 N–H and O–H groups in total. The lowest BCUT2D eigenvalue weighted by Crippen LogP contribution is -2.62. The van der Waals surface area contributed by atoms with Gasteiger partial charge in [0.2, 0.25) is 0 Å². The number of nitrogens with zero attached hydrogens (tertiary/aromatic N) is 3. The number of rotatable bonds is 11. The van der Waals surface area contributed by atoms with Crippen LogP contribution in [-0.2, 0) is 9.47 Å². The molecule has 2 saturated heterocycles. The van der Waals surface area contributed by atoms with E-state index in [1.807, 2.05) is 12.1 Å². The molecule has 0 bridgehead atoms. The van der Waals surface area contributed by atoms with Crippen molar-refractivity contribution < 1.29 is 47.8 Å². The third kappa shape index (κ3) is 13.8. The van der Waals surface area contributed by atoms with Crippen molar-refractivity contribution in [3.63, 3.8) is 0 Å². The van der Waals surface area contributed by atoms with Crippen molar-refractivity contribution in [1.82, 2.24) is 15.1 Å². The summed E-state index contributed by atoms with van der Waals surface area (Å²) in [4.78, 5) is 63.3. The zero-order chi connectivity index (χ0) is 63.4. The Hall–Kier alpha value is -4.56. The number of halogens is 2. The Bertz CT molecular complexity index is 2970. The Morgan fingerprint density at radius 2 is 1.09 bits per heavy atom. The summed E-state index contributed by atoms with van der Waals surface area (Å²) in [6, 6.07) is 12.1. The molecule has 4 heterocycles. The third-order valence-electron chi connectivity index (χ3n) is 25.2. The van der Waals surface area contributed by atoms with Crippen molar-refractivity contribution in [3.05, 3.63) is 103 Å². The maximum Gasteiger partial charge on any atom is 0.514 e. The van der Waals surface area contributed by atoms with Gasteiger partial charge in [-0.25, -0.2) is 19.2 Å². The van der Waals surface area contributed by atoms with Gasteiger partial charge >= 0.3 is 23.5 Å². The lowest BCUT2D eigenvalue weighted by molar-refractivity contribution is -0.384. The number of nitrogens with two attached hydrogens (primary N) is 1. The first kappa shape index (κ1) is 67.3. The maximum absolute atomic E-state index is 12.5. The van der Waals surface area contributed by atoms with Gasteiger partial charge in [-0.15, -0.1) is 23.2 Å². The first-order valence-corrected chi connectivity index (χ1v) is 34.6. The van der Waals surface area contributed by atoms with Crippen molar-refractivity contribution in [1.29, 1.82) is 0 Å². The number of carbonyl (C=O) groups excluding carboxylic acids is 2. The smallest absolute Gasteiger partial charge is 0.446 e. The second-order valence-electron chi connectivity index (χ2n) is 29.0. The van der Waals surface area contributed by atoms with Crippen LogP contribution in [-0.4, -0.2) is 118 Å². The molecule has 8 saturated carbocycles. The van der Waals surface area contributed by atoms with Crippen LogP contribution in [0.5, 0.6) is 5.75 Å². The Labute approximate surface area is 535 Å². The number of nitrogens with one attached hydrogen (secondary N) is 1. The number of hydrogen-bond donors (Lipinski definition) is 4. The van der Waals surface area contributed by atoms with Crippen molar-refractivity contribution in [2.24, 2.45) is 62.9 Å². The Kier molecular flexibility index (Phi) is 21.4. The average Bonchev–Trinajstić information content (AvgIpc) is 1.60. The highest BCUT2D eigenvalue weighted by molar-refractivity contribution is 6.40. The number of alkyl halides is 2. The van der Waals surface area contributed by atoms with E-state index in [1.165, 1.54) is 75.2 Å². The van der Waals surface area contributed by atoms with Crippen LogP contribution in [0, 0.1) is 67.3 Å². The van der Waals surface area contributed by atoms with Crippen LogP contribution in [0.15, 0.2) is 79.5 Å². The Morgan fingerprint density at radius 3 is 1.53 bits per heavy atom. The van der Waals surface area contributed by atoms with Gasteiger partial charge in [-0.05, 0) is 261 Å². The van der Waals surface area contributed by atoms with Crippen LogP contribution in [0.25, 0.3) is 0 Å². The lowest BCUT2D eigenvalue weighted by atomic mass is 9.43. The molecule has 13 rings (SSSR count). The molecule has 492 valence electrons. The van der Waals surface area contributed by atoms with Gasteiger partial charge in [0.05, 0.1) is 34.0 Å². The fourth-order valence-electron chi connectivity index (χ4n) is 20.4. The van der Waals surface area contributed by atoms with Crippen LogP contribution in [0.3, 0.4) is 0 Å². The molecule has 0 spiro atoms. The number of ether oxygens (including phenoxy) is 3. The molecule has 10 fully saturated rings. The summed E-state index contributed by atoms with van der Waals surface area (Å²) < 4.78 is 27.3. The second kappa shape index (κ2) is 28.3. The minimum Gasteiger partial charge on any atom is -0.446 e. The summed E-state index contributed by atoms with van der Waals surface area (Å²) in [6.07, 6.45) is 24.1. The van der Waals surface area contributed by atoms with Gasteiger partial charge in [-0.3, -0.25) is 10.1 Å². The minimum atomic E-state index is -0.785. The SMILES string of the molecule is C[C@]12CC[C@H](OC(=O)NCCN3CCCC3)C[C@H]1CC[C@@H]1[C@@H]2CC[C@]2(C)[C@@H](c3ccc(=O)oc3)CC[C@]12O.C[C@]12CC[C@H](OC(=O)Oc3ccc([N+](=O)[O-])cc3)C[C@H]1CC[C@@H]1[C@@H]2CC[C@]2(C)[C@@H](c3ccc(=O)oc3)CC[C@]12O.ClCCl.NCCN1CCCC1. The van der Waals surface area contributed by atoms with Crippen LogP contribution < -0.4 is 27.0 Å². The first-order valence-electron chi connectivity index (χ1n) is 33.6. The monoisotopic (exact) mass is 1280 g/mol. The van der Waals surface area contributed by atoms with Gasteiger partial charge in [0.1, 0.15) is 18.0 Å². The van der Waals surface area contributed by atoms with E-state index < -0.39 is 22.3 Å². The summed E-state index contributed by atoms with van der Waals surface area (Å²) in [6.45, 7) is 17.7. The predicted molar refractivity (Wildman–Crippen MR) is 341 cm³/mol. The van der Waals surface area contributed by atoms with Crippen LogP contribution >= 0.6 is 23.2 Å². The standard InChI is InChI=1S/C31H46N2O5.C31H37NO8.C6H14N2.CH2Cl2/c1-29-12-9-23(38-28(35)32-15-18-33-16-3-4-17-33)19-22(29)6-7-26-25(29)10-13-30(2)24(11-14-31(26,30)36)21-5-8-27(34)37-20-21;1-29-14-11-23(40-28(34)39-22-7-5-21(6-8-22)32(36)37)17-20(29)4-9-26-25(29)12-15-30(2)24(13-16-31(26,30)35)19-3-10-27(33)38-18-19;7-3-6-8-4-1-2-5-8;2-1-3/h5,8,20,22-26,36H,3-4,6-7,9-19H2,1-2H3,(H,32,35);3,5-8,10,18,20,23-26,35H,4,9,11-17H2,1-2H3;1-7H2;1H2/t22-,23+,24-,25+,26-,29+,30-,31+;20-,23+,24-,25+,26-,29+,30-,31+;;/m11../s1. The predicted octanol–water partition coefficient (Wildman–Crippen LogP) is 12.9. The van der Waals surface area contributed by atoms with Crippen molar-refractivity contribution in [2.75, 3.05) is 57.7 Å². The van der Waals surface area contributed by atoms with E-state index in [1.54, 1.807) is 12.5 Å². The second-order valence-corrected chi connectivity index (χ2v) is 29.8. The normalized spacial score (nSPS) is 37.7. The summed E-state index contributed by atoms with van der Waals surface area (Å²) in [5.74, 6) is 2.96. The fraction of sp³-hybridized carbons (Fsp3) is 0.739. The molecular weight excluding hydrogens is 1180 g/mol. The topological polar surface area (TPSA) is 250 Å².